The lowest BCUT2D eigenvalue weighted by atomic mass is 10.3. The van der Waals surface area contributed by atoms with Gasteiger partial charge in [0.2, 0.25) is 0 Å². The standard InChI is InChI=1S/C17H18N2O4/c1-12(2)22-15-10-8-13(9-11-15)18-16(20)19-17(21)23-14-6-4-3-5-7-14/h3-12H,1-2H3,(H2,18,19,20,21). The number of urea groups is 1. The van der Waals surface area contributed by atoms with Crippen LogP contribution in [0, 0.1) is 0 Å². The van der Waals surface area contributed by atoms with Crippen LogP contribution in [0.4, 0.5) is 15.3 Å². The predicted molar refractivity (Wildman–Crippen MR) is 86.8 cm³/mol. The Labute approximate surface area is 134 Å². The van der Waals surface area contributed by atoms with E-state index in [2.05, 4.69) is 10.6 Å². The van der Waals surface area contributed by atoms with Crippen molar-refractivity contribution in [3.05, 3.63) is 54.6 Å². The van der Waals surface area contributed by atoms with Crippen LogP contribution in [-0.2, 0) is 0 Å². The van der Waals surface area contributed by atoms with Crippen LogP contribution in [0.15, 0.2) is 54.6 Å². The van der Waals surface area contributed by atoms with Crippen LogP contribution in [0.25, 0.3) is 0 Å². The summed E-state index contributed by atoms with van der Waals surface area (Å²) in [4.78, 5) is 23.3. The summed E-state index contributed by atoms with van der Waals surface area (Å²) >= 11 is 0. The highest BCUT2D eigenvalue weighted by Crippen LogP contribution is 2.16. The number of carbonyl (C=O) groups excluding carboxylic acids is 2. The molecule has 0 radical (unpaired) electrons. The van der Waals surface area contributed by atoms with Gasteiger partial charge in [-0.15, -0.1) is 0 Å². The highest BCUT2D eigenvalue weighted by Gasteiger charge is 2.10. The summed E-state index contributed by atoms with van der Waals surface area (Å²) in [7, 11) is 0. The van der Waals surface area contributed by atoms with Gasteiger partial charge < -0.3 is 14.8 Å². The van der Waals surface area contributed by atoms with Gasteiger partial charge in [0.1, 0.15) is 11.5 Å². The molecular weight excluding hydrogens is 296 g/mol. The van der Waals surface area contributed by atoms with Gasteiger partial charge in [-0.2, -0.15) is 0 Å². The molecule has 0 aliphatic heterocycles. The minimum Gasteiger partial charge on any atom is -0.491 e. The second-order valence-corrected chi connectivity index (χ2v) is 4.97. The minimum absolute atomic E-state index is 0.0739. The zero-order valence-electron chi connectivity index (χ0n) is 12.9. The van der Waals surface area contributed by atoms with Gasteiger partial charge in [-0.25, -0.2) is 14.9 Å². The maximum absolute atomic E-state index is 11.7. The highest BCUT2D eigenvalue weighted by atomic mass is 16.6. The maximum Gasteiger partial charge on any atom is 0.420 e. The van der Waals surface area contributed by atoms with Crippen LogP contribution in [0.2, 0.25) is 0 Å². The fraction of sp³-hybridized carbons (Fsp3) is 0.176. The first-order chi connectivity index (χ1) is 11.0. The van der Waals surface area contributed by atoms with E-state index < -0.39 is 12.1 Å². The number of benzene rings is 2. The van der Waals surface area contributed by atoms with Crippen LogP contribution in [-0.4, -0.2) is 18.2 Å². The van der Waals surface area contributed by atoms with Gasteiger partial charge in [0.05, 0.1) is 6.10 Å². The van der Waals surface area contributed by atoms with E-state index >= 15 is 0 Å². The Bertz CT molecular complexity index is 654. The zero-order valence-corrected chi connectivity index (χ0v) is 12.9. The maximum atomic E-state index is 11.7. The van der Waals surface area contributed by atoms with Crippen molar-refractivity contribution in [3.8, 4) is 11.5 Å². The van der Waals surface area contributed by atoms with Crippen LogP contribution < -0.4 is 20.1 Å². The van der Waals surface area contributed by atoms with E-state index in [1.807, 2.05) is 13.8 Å². The number of hydrogen-bond acceptors (Lipinski definition) is 4. The predicted octanol–water partition coefficient (Wildman–Crippen LogP) is 3.79. The number of para-hydroxylation sites is 1. The Morgan fingerprint density at radius 3 is 2.17 bits per heavy atom. The first kappa shape index (κ1) is 16.4. The van der Waals surface area contributed by atoms with Crippen LogP contribution >= 0.6 is 0 Å². The molecule has 0 unspecified atom stereocenters. The SMILES string of the molecule is CC(C)Oc1ccc(NC(=O)NC(=O)Oc2ccccc2)cc1. The molecular formula is C17H18N2O4. The molecule has 0 spiro atoms. The highest BCUT2D eigenvalue weighted by molar-refractivity contribution is 5.99. The molecule has 3 amide bonds. The monoisotopic (exact) mass is 314 g/mol. The second-order valence-electron chi connectivity index (χ2n) is 4.97. The van der Waals surface area contributed by atoms with Crippen LogP contribution in [0.5, 0.6) is 11.5 Å². The first-order valence-corrected chi connectivity index (χ1v) is 7.14. The quantitative estimate of drug-likeness (QED) is 0.900. The summed E-state index contributed by atoms with van der Waals surface area (Å²) in [6.07, 6.45) is -0.779. The Morgan fingerprint density at radius 1 is 0.913 bits per heavy atom. The van der Waals surface area contributed by atoms with Crippen molar-refractivity contribution in [3.63, 3.8) is 0 Å². The lowest BCUT2D eigenvalue weighted by Gasteiger charge is -2.11. The average molecular weight is 314 g/mol. The largest absolute Gasteiger partial charge is 0.491 e. The number of carbonyl (C=O) groups is 2. The minimum atomic E-state index is -0.853. The molecule has 2 aromatic rings. The van der Waals surface area contributed by atoms with E-state index in [4.69, 9.17) is 9.47 Å². The van der Waals surface area contributed by atoms with Gasteiger partial charge in [-0.3, -0.25) is 0 Å². The molecule has 6 nitrogen and oxygen atoms in total. The fourth-order valence-corrected chi connectivity index (χ4v) is 1.77. The number of anilines is 1. The number of hydrogen-bond donors (Lipinski definition) is 2. The molecule has 0 saturated carbocycles. The fourth-order valence-electron chi connectivity index (χ4n) is 1.77. The molecule has 0 heterocycles. The second kappa shape index (κ2) is 7.84. The Balaban J connectivity index is 1.83. The molecule has 0 aliphatic carbocycles. The van der Waals surface area contributed by atoms with Crippen molar-refractivity contribution in [2.24, 2.45) is 0 Å². The van der Waals surface area contributed by atoms with E-state index in [9.17, 15) is 9.59 Å². The molecule has 2 rings (SSSR count). The molecule has 0 fully saturated rings. The topological polar surface area (TPSA) is 76.7 Å². The number of nitrogens with one attached hydrogen (secondary N) is 2. The summed E-state index contributed by atoms with van der Waals surface area (Å²) < 4.78 is 10.5. The first-order valence-electron chi connectivity index (χ1n) is 7.14. The number of imide groups is 1. The molecule has 23 heavy (non-hydrogen) atoms. The number of ether oxygens (including phenoxy) is 2. The molecule has 0 saturated heterocycles. The summed E-state index contributed by atoms with van der Waals surface area (Å²) in [5.41, 5.74) is 0.533. The third-order valence-electron chi connectivity index (χ3n) is 2.65. The molecule has 120 valence electrons. The molecule has 0 bridgehead atoms. The van der Waals surface area contributed by atoms with Gasteiger partial charge in [0.25, 0.3) is 0 Å². The summed E-state index contributed by atoms with van der Waals surface area (Å²) in [6.45, 7) is 3.86. The molecule has 2 aromatic carbocycles. The lowest BCUT2D eigenvalue weighted by Crippen LogP contribution is -2.36. The summed E-state index contributed by atoms with van der Waals surface area (Å²) in [5.74, 6) is 1.06. The van der Waals surface area contributed by atoms with Gasteiger partial charge in [0, 0.05) is 5.69 Å². The van der Waals surface area contributed by atoms with Crippen molar-refractivity contribution in [1.29, 1.82) is 0 Å². The van der Waals surface area contributed by atoms with Gasteiger partial charge in [-0.1, -0.05) is 18.2 Å². The Hall–Kier alpha value is -3.02. The number of amides is 3. The van der Waals surface area contributed by atoms with Crippen molar-refractivity contribution in [2.75, 3.05) is 5.32 Å². The zero-order chi connectivity index (χ0) is 16.7. The van der Waals surface area contributed by atoms with Crippen molar-refractivity contribution >= 4 is 17.8 Å². The molecule has 0 atom stereocenters. The smallest absolute Gasteiger partial charge is 0.420 e. The lowest BCUT2D eigenvalue weighted by molar-refractivity contribution is 0.199. The van der Waals surface area contributed by atoms with E-state index in [0.717, 1.165) is 0 Å². The van der Waals surface area contributed by atoms with Crippen LogP contribution in [0.1, 0.15) is 13.8 Å². The van der Waals surface area contributed by atoms with Crippen molar-refractivity contribution in [1.82, 2.24) is 5.32 Å². The average Bonchev–Trinajstić information content (AvgIpc) is 2.49. The van der Waals surface area contributed by atoms with E-state index in [1.54, 1.807) is 54.6 Å². The molecule has 0 aromatic heterocycles. The van der Waals surface area contributed by atoms with E-state index in [1.165, 1.54) is 0 Å². The van der Waals surface area contributed by atoms with Crippen molar-refractivity contribution < 1.29 is 19.1 Å². The van der Waals surface area contributed by atoms with Gasteiger partial charge in [0.15, 0.2) is 0 Å². The van der Waals surface area contributed by atoms with Crippen molar-refractivity contribution in [2.45, 2.75) is 20.0 Å². The summed E-state index contributed by atoms with van der Waals surface area (Å²) in [6, 6.07) is 14.6. The Morgan fingerprint density at radius 2 is 1.57 bits per heavy atom. The molecule has 2 N–H and O–H groups in total. The van der Waals surface area contributed by atoms with Crippen LogP contribution in [0.3, 0.4) is 0 Å². The summed E-state index contributed by atoms with van der Waals surface area (Å²) in [5, 5.41) is 4.61. The number of rotatable bonds is 4. The molecule has 6 heteroatoms. The third kappa shape index (κ3) is 5.70. The van der Waals surface area contributed by atoms with E-state index in [0.29, 0.717) is 17.2 Å². The third-order valence-corrected chi connectivity index (χ3v) is 2.65. The molecule has 0 aliphatic rings. The Kier molecular flexibility index (Phi) is 5.57. The normalized spacial score (nSPS) is 10.0. The van der Waals surface area contributed by atoms with Gasteiger partial charge in [-0.05, 0) is 50.2 Å². The van der Waals surface area contributed by atoms with E-state index in [-0.39, 0.29) is 6.10 Å². The van der Waals surface area contributed by atoms with Gasteiger partial charge >= 0.3 is 12.1 Å².